The Morgan fingerprint density at radius 2 is 2.00 bits per heavy atom. The molecule has 0 aliphatic rings. The quantitative estimate of drug-likeness (QED) is 0.900. The minimum absolute atomic E-state index is 0.0910. The maximum Gasteiger partial charge on any atom is 0.119 e. The zero-order chi connectivity index (χ0) is 15.3. The van der Waals surface area contributed by atoms with Gasteiger partial charge in [0.05, 0.1) is 7.11 Å². The second-order valence-electron chi connectivity index (χ2n) is 5.85. The molecule has 0 aliphatic carbocycles. The standard InChI is InChI=1S/C17H22N2OS/c1-17(2,3)19-12-13-7-6-10-18-16(13)21-15-9-5-8-14(11-15)20-4/h5-11,19H,12H2,1-4H3. The summed E-state index contributed by atoms with van der Waals surface area (Å²) in [6.45, 7) is 7.30. The molecule has 3 nitrogen and oxygen atoms in total. The summed E-state index contributed by atoms with van der Waals surface area (Å²) in [6, 6.07) is 12.1. The first-order valence-corrected chi connectivity index (χ1v) is 7.80. The fourth-order valence-corrected chi connectivity index (χ4v) is 2.72. The van der Waals surface area contributed by atoms with Gasteiger partial charge in [-0.05, 0) is 50.6 Å². The number of hydrogen-bond donors (Lipinski definition) is 1. The lowest BCUT2D eigenvalue weighted by Crippen LogP contribution is -2.35. The Bertz CT molecular complexity index is 593. The van der Waals surface area contributed by atoms with E-state index in [0.29, 0.717) is 0 Å². The molecule has 0 unspecified atom stereocenters. The summed E-state index contributed by atoms with van der Waals surface area (Å²) in [5, 5.41) is 4.54. The number of aromatic nitrogens is 1. The SMILES string of the molecule is COc1cccc(Sc2ncccc2CNC(C)(C)C)c1. The van der Waals surface area contributed by atoms with E-state index in [0.717, 1.165) is 22.2 Å². The van der Waals surface area contributed by atoms with Gasteiger partial charge in [0.25, 0.3) is 0 Å². The van der Waals surface area contributed by atoms with E-state index in [1.165, 1.54) is 5.56 Å². The van der Waals surface area contributed by atoms with Gasteiger partial charge in [0.1, 0.15) is 10.8 Å². The predicted molar refractivity (Wildman–Crippen MR) is 87.9 cm³/mol. The molecule has 0 radical (unpaired) electrons. The summed E-state index contributed by atoms with van der Waals surface area (Å²) in [4.78, 5) is 5.64. The highest BCUT2D eigenvalue weighted by Crippen LogP contribution is 2.30. The summed E-state index contributed by atoms with van der Waals surface area (Å²) in [5.74, 6) is 0.866. The van der Waals surface area contributed by atoms with Gasteiger partial charge in [-0.15, -0.1) is 0 Å². The number of methoxy groups -OCH3 is 1. The number of benzene rings is 1. The minimum Gasteiger partial charge on any atom is -0.497 e. The molecule has 0 atom stereocenters. The smallest absolute Gasteiger partial charge is 0.119 e. The molecule has 0 spiro atoms. The highest BCUT2D eigenvalue weighted by Gasteiger charge is 2.11. The Morgan fingerprint density at radius 1 is 1.19 bits per heavy atom. The molecule has 0 aliphatic heterocycles. The largest absolute Gasteiger partial charge is 0.497 e. The van der Waals surface area contributed by atoms with Gasteiger partial charge in [0.2, 0.25) is 0 Å². The Balaban J connectivity index is 2.15. The number of pyridine rings is 1. The van der Waals surface area contributed by atoms with Crippen molar-refractivity contribution >= 4 is 11.8 Å². The van der Waals surface area contributed by atoms with Gasteiger partial charge in [0.15, 0.2) is 0 Å². The Kier molecular flexibility index (Phi) is 5.26. The van der Waals surface area contributed by atoms with E-state index in [2.05, 4.69) is 43.2 Å². The van der Waals surface area contributed by atoms with Gasteiger partial charge in [-0.2, -0.15) is 0 Å². The lowest BCUT2D eigenvalue weighted by Gasteiger charge is -2.21. The van der Waals surface area contributed by atoms with Gasteiger partial charge in [-0.1, -0.05) is 23.9 Å². The summed E-state index contributed by atoms with van der Waals surface area (Å²) in [6.07, 6.45) is 1.84. The number of ether oxygens (including phenoxy) is 1. The topological polar surface area (TPSA) is 34.1 Å². The first-order chi connectivity index (χ1) is 9.98. The van der Waals surface area contributed by atoms with E-state index in [9.17, 15) is 0 Å². The van der Waals surface area contributed by atoms with Gasteiger partial charge in [-0.3, -0.25) is 0 Å². The highest BCUT2D eigenvalue weighted by molar-refractivity contribution is 7.99. The van der Waals surface area contributed by atoms with Gasteiger partial charge >= 0.3 is 0 Å². The summed E-state index contributed by atoms with van der Waals surface area (Å²) in [5.41, 5.74) is 1.30. The third-order valence-electron chi connectivity index (χ3n) is 2.91. The van der Waals surface area contributed by atoms with Crippen molar-refractivity contribution in [2.45, 2.75) is 42.8 Å². The van der Waals surface area contributed by atoms with E-state index in [1.807, 2.05) is 30.5 Å². The van der Waals surface area contributed by atoms with Crippen molar-refractivity contribution < 1.29 is 4.74 Å². The average Bonchev–Trinajstić information content (AvgIpc) is 2.46. The van der Waals surface area contributed by atoms with Crippen molar-refractivity contribution in [2.24, 2.45) is 0 Å². The van der Waals surface area contributed by atoms with E-state index in [-0.39, 0.29) is 5.54 Å². The third kappa shape index (κ3) is 5.06. The molecule has 1 aromatic heterocycles. The van der Waals surface area contributed by atoms with Crippen molar-refractivity contribution in [1.82, 2.24) is 10.3 Å². The molecule has 4 heteroatoms. The zero-order valence-corrected chi connectivity index (χ0v) is 13.8. The molecule has 0 saturated heterocycles. The van der Waals surface area contributed by atoms with Gasteiger partial charge in [0, 0.05) is 23.2 Å². The minimum atomic E-state index is 0.0910. The summed E-state index contributed by atoms with van der Waals surface area (Å²) < 4.78 is 5.27. The van der Waals surface area contributed by atoms with Crippen LogP contribution in [0.15, 0.2) is 52.5 Å². The number of nitrogens with one attached hydrogen (secondary N) is 1. The Morgan fingerprint density at radius 3 is 2.71 bits per heavy atom. The molecule has 0 amide bonds. The van der Waals surface area contributed by atoms with E-state index in [4.69, 9.17) is 4.74 Å². The fourth-order valence-electron chi connectivity index (χ4n) is 1.79. The molecule has 21 heavy (non-hydrogen) atoms. The zero-order valence-electron chi connectivity index (χ0n) is 13.0. The fraction of sp³-hybridized carbons (Fsp3) is 0.353. The molecule has 1 aromatic carbocycles. The molecule has 1 heterocycles. The maximum atomic E-state index is 5.27. The molecule has 112 valence electrons. The van der Waals surface area contributed by atoms with Gasteiger partial charge < -0.3 is 10.1 Å². The lowest BCUT2D eigenvalue weighted by molar-refractivity contribution is 0.413. The van der Waals surface area contributed by atoms with E-state index in [1.54, 1.807) is 18.9 Å². The van der Waals surface area contributed by atoms with E-state index >= 15 is 0 Å². The number of hydrogen-bond acceptors (Lipinski definition) is 4. The van der Waals surface area contributed by atoms with Gasteiger partial charge in [-0.25, -0.2) is 4.98 Å². The van der Waals surface area contributed by atoms with Crippen LogP contribution in [0.3, 0.4) is 0 Å². The van der Waals surface area contributed by atoms with Crippen molar-refractivity contribution in [2.75, 3.05) is 7.11 Å². The molecule has 0 saturated carbocycles. The van der Waals surface area contributed by atoms with Crippen LogP contribution >= 0.6 is 11.8 Å². The summed E-state index contributed by atoms with van der Waals surface area (Å²) >= 11 is 1.66. The number of rotatable bonds is 5. The molecule has 2 rings (SSSR count). The first kappa shape index (κ1) is 15.9. The maximum absolute atomic E-state index is 5.27. The van der Waals surface area contributed by atoms with Crippen LogP contribution in [0.1, 0.15) is 26.3 Å². The van der Waals surface area contributed by atoms with Crippen LogP contribution in [0.5, 0.6) is 5.75 Å². The normalized spacial score (nSPS) is 11.4. The third-order valence-corrected chi connectivity index (χ3v) is 3.97. The second-order valence-corrected chi connectivity index (χ2v) is 6.91. The average molecular weight is 302 g/mol. The molecule has 0 fully saturated rings. The van der Waals surface area contributed by atoms with Crippen molar-refractivity contribution in [3.05, 3.63) is 48.2 Å². The lowest BCUT2D eigenvalue weighted by atomic mass is 10.1. The highest BCUT2D eigenvalue weighted by atomic mass is 32.2. The van der Waals surface area contributed by atoms with Crippen LogP contribution in [-0.4, -0.2) is 17.6 Å². The van der Waals surface area contributed by atoms with Crippen molar-refractivity contribution in [3.63, 3.8) is 0 Å². The molecular weight excluding hydrogens is 280 g/mol. The van der Waals surface area contributed by atoms with Crippen LogP contribution in [-0.2, 0) is 6.54 Å². The van der Waals surface area contributed by atoms with Crippen LogP contribution in [0, 0.1) is 0 Å². The molecule has 1 N–H and O–H groups in total. The van der Waals surface area contributed by atoms with Crippen LogP contribution in [0.2, 0.25) is 0 Å². The number of nitrogens with zero attached hydrogens (tertiary/aromatic N) is 1. The predicted octanol–water partition coefficient (Wildman–Crippen LogP) is 4.13. The molecule has 2 aromatic rings. The Hall–Kier alpha value is -1.52. The molecule has 0 bridgehead atoms. The first-order valence-electron chi connectivity index (χ1n) is 6.99. The Labute approximate surface area is 131 Å². The molecular formula is C17H22N2OS. The van der Waals surface area contributed by atoms with Crippen molar-refractivity contribution in [3.8, 4) is 5.75 Å². The second kappa shape index (κ2) is 6.96. The van der Waals surface area contributed by atoms with Crippen molar-refractivity contribution in [1.29, 1.82) is 0 Å². The monoisotopic (exact) mass is 302 g/mol. The van der Waals surface area contributed by atoms with Crippen LogP contribution in [0.25, 0.3) is 0 Å². The van der Waals surface area contributed by atoms with Crippen LogP contribution < -0.4 is 10.1 Å². The van der Waals surface area contributed by atoms with E-state index < -0.39 is 0 Å². The van der Waals surface area contributed by atoms with Crippen LogP contribution in [0.4, 0.5) is 0 Å². The summed E-state index contributed by atoms with van der Waals surface area (Å²) in [7, 11) is 1.68.